The average molecular weight is 530 g/mol. The fraction of sp³-hybridized carbons (Fsp3) is 0.350. The van der Waals surface area contributed by atoms with Crippen LogP contribution in [0.15, 0.2) is 47.4 Å². The van der Waals surface area contributed by atoms with Crippen molar-refractivity contribution >= 4 is 44.2 Å². The Hall–Kier alpha value is -1.85. The first-order valence-electron chi connectivity index (χ1n) is 9.13. The lowest BCUT2D eigenvalue weighted by molar-refractivity contribution is -0.120. The maximum absolute atomic E-state index is 13.3. The van der Waals surface area contributed by atoms with Crippen molar-refractivity contribution in [1.82, 2.24) is 4.31 Å². The second-order valence-corrected chi connectivity index (χ2v) is 9.87. The molecule has 1 aliphatic rings. The number of ether oxygens (including phenoxy) is 2. The molecule has 0 bridgehead atoms. The van der Waals surface area contributed by atoms with Crippen LogP contribution in [0, 0.1) is 9.49 Å². The van der Waals surface area contributed by atoms with Crippen molar-refractivity contribution in [2.24, 2.45) is 5.92 Å². The molecule has 1 atom stereocenters. The van der Waals surface area contributed by atoms with E-state index in [1.807, 2.05) is 24.3 Å². The van der Waals surface area contributed by atoms with Gasteiger partial charge in [-0.25, -0.2) is 8.42 Å². The minimum atomic E-state index is -3.83. The Morgan fingerprint density at radius 3 is 2.52 bits per heavy atom. The van der Waals surface area contributed by atoms with Crippen molar-refractivity contribution in [2.75, 3.05) is 32.6 Å². The summed E-state index contributed by atoms with van der Waals surface area (Å²) < 4.78 is 39.4. The molecule has 1 N–H and O–H groups in total. The van der Waals surface area contributed by atoms with Gasteiger partial charge in [0.1, 0.15) is 16.4 Å². The normalized spacial score (nSPS) is 17.6. The number of benzene rings is 2. The lowest BCUT2D eigenvalue weighted by Crippen LogP contribution is -2.43. The van der Waals surface area contributed by atoms with E-state index in [-0.39, 0.29) is 23.1 Å². The molecule has 0 aliphatic carbocycles. The number of anilines is 1. The monoisotopic (exact) mass is 530 g/mol. The number of carbonyl (C=O) groups is 1. The molecule has 0 unspecified atom stereocenters. The molecule has 0 radical (unpaired) electrons. The highest BCUT2D eigenvalue weighted by molar-refractivity contribution is 14.1. The minimum Gasteiger partial charge on any atom is -0.497 e. The summed E-state index contributed by atoms with van der Waals surface area (Å²) in [5.41, 5.74) is 0.699. The number of piperidine rings is 1. The number of carbonyl (C=O) groups excluding carboxylic acids is 1. The molecule has 3 rings (SSSR count). The molecule has 0 spiro atoms. The number of hydrogen-bond donors (Lipinski definition) is 1. The van der Waals surface area contributed by atoms with Gasteiger partial charge in [-0.1, -0.05) is 0 Å². The van der Waals surface area contributed by atoms with E-state index >= 15 is 0 Å². The number of amides is 1. The average Bonchev–Trinajstić information content (AvgIpc) is 2.74. The Morgan fingerprint density at radius 2 is 1.86 bits per heavy atom. The SMILES string of the molecule is COc1ccc(OC)c(S(=O)(=O)N2CCC[C@@H](C(=O)Nc3ccc(I)cc3)C2)c1. The number of methoxy groups -OCH3 is 2. The maximum Gasteiger partial charge on any atom is 0.246 e. The second-order valence-electron chi connectivity index (χ2n) is 6.72. The van der Waals surface area contributed by atoms with Crippen molar-refractivity contribution in [3.63, 3.8) is 0 Å². The molecule has 29 heavy (non-hydrogen) atoms. The Bertz CT molecular complexity index is 979. The van der Waals surface area contributed by atoms with Crippen molar-refractivity contribution in [3.8, 4) is 11.5 Å². The van der Waals surface area contributed by atoms with Crippen LogP contribution in [0.2, 0.25) is 0 Å². The molecule has 7 nitrogen and oxygen atoms in total. The Labute approximate surface area is 184 Å². The predicted octanol–water partition coefficient (Wildman–Crippen LogP) is 3.35. The van der Waals surface area contributed by atoms with E-state index in [0.29, 0.717) is 30.8 Å². The number of hydrogen-bond acceptors (Lipinski definition) is 5. The highest BCUT2D eigenvalue weighted by Crippen LogP contribution is 2.32. The molecular formula is C20H23IN2O5S. The van der Waals surface area contributed by atoms with Crippen LogP contribution in [0.3, 0.4) is 0 Å². The summed E-state index contributed by atoms with van der Waals surface area (Å²) in [6.07, 6.45) is 1.24. The highest BCUT2D eigenvalue weighted by Gasteiger charge is 2.35. The van der Waals surface area contributed by atoms with Crippen LogP contribution in [0.1, 0.15) is 12.8 Å². The first kappa shape index (κ1) is 21.8. The molecule has 1 saturated heterocycles. The predicted molar refractivity (Wildman–Crippen MR) is 119 cm³/mol. The summed E-state index contributed by atoms with van der Waals surface area (Å²) in [5.74, 6) is 0.0729. The van der Waals surface area contributed by atoms with Crippen molar-refractivity contribution in [2.45, 2.75) is 17.7 Å². The van der Waals surface area contributed by atoms with Gasteiger partial charge in [-0.3, -0.25) is 4.79 Å². The van der Waals surface area contributed by atoms with Crippen LogP contribution in [-0.2, 0) is 14.8 Å². The fourth-order valence-electron chi connectivity index (χ4n) is 3.28. The van der Waals surface area contributed by atoms with Gasteiger partial charge < -0.3 is 14.8 Å². The van der Waals surface area contributed by atoms with Crippen LogP contribution in [0.25, 0.3) is 0 Å². The first-order chi connectivity index (χ1) is 13.8. The molecule has 9 heteroatoms. The maximum atomic E-state index is 13.3. The Balaban J connectivity index is 1.79. The third-order valence-electron chi connectivity index (χ3n) is 4.86. The van der Waals surface area contributed by atoms with Crippen molar-refractivity contribution in [3.05, 3.63) is 46.0 Å². The van der Waals surface area contributed by atoms with Crippen LogP contribution in [-0.4, -0.2) is 45.9 Å². The van der Waals surface area contributed by atoms with Gasteiger partial charge >= 0.3 is 0 Å². The van der Waals surface area contributed by atoms with Gasteiger partial charge in [0, 0.05) is 28.4 Å². The Kier molecular flexibility index (Phi) is 7.01. The lowest BCUT2D eigenvalue weighted by Gasteiger charge is -2.31. The summed E-state index contributed by atoms with van der Waals surface area (Å²) in [6.45, 7) is 0.481. The van der Waals surface area contributed by atoms with Gasteiger partial charge in [0.2, 0.25) is 15.9 Å². The van der Waals surface area contributed by atoms with Gasteiger partial charge in [0.15, 0.2) is 0 Å². The molecule has 0 saturated carbocycles. The molecular weight excluding hydrogens is 507 g/mol. The zero-order valence-corrected chi connectivity index (χ0v) is 19.2. The smallest absolute Gasteiger partial charge is 0.246 e. The number of nitrogens with zero attached hydrogens (tertiary/aromatic N) is 1. The largest absolute Gasteiger partial charge is 0.497 e. The quantitative estimate of drug-likeness (QED) is 0.580. The molecule has 1 fully saturated rings. The third kappa shape index (κ3) is 5.01. The molecule has 1 heterocycles. The zero-order chi connectivity index (χ0) is 21.0. The lowest BCUT2D eigenvalue weighted by atomic mass is 9.99. The molecule has 2 aromatic carbocycles. The topological polar surface area (TPSA) is 84.9 Å². The van der Waals surface area contributed by atoms with Gasteiger partial charge in [0.25, 0.3) is 0 Å². The van der Waals surface area contributed by atoms with E-state index in [9.17, 15) is 13.2 Å². The number of sulfonamides is 1. The standard InChI is InChI=1S/C20H23IN2O5S/c1-27-17-9-10-18(28-2)19(12-17)29(25,26)23-11-3-4-14(13-23)20(24)22-16-7-5-15(21)6-8-16/h5-10,12,14H,3-4,11,13H2,1-2H3,(H,22,24)/t14-/m1/s1. The van der Waals surface area contributed by atoms with Crippen LogP contribution >= 0.6 is 22.6 Å². The van der Waals surface area contributed by atoms with E-state index in [4.69, 9.17) is 9.47 Å². The minimum absolute atomic E-state index is 0.0399. The van der Waals surface area contributed by atoms with Gasteiger partial charge in [-0.2, -0.15) is 4.31 Å². The summed E-state index contributed by atoms with van der Waals surface area (Å²) in [5, 5.41) is 2.88. The summed E-state index contributed by atoms with van der Waals surface area (Å²) in [4.78, 5) is 12.7. The summed E-state index contributed by atoms with van der Waals surface area (Å²) in [6, 6.07) is 12.1. The van der Waals surface area contributed by atoms with Gasteiger partial charge in [-0.05, 0) is 71.8 Å². The van der Waals surface area contributed by atoms with Gasteiger partial charge in [0.05, 0.1) is 20.1 Å². The second kappa shape index (κ2) is 9.31. The van der Waals surface area contributed by atoms with Crippen LogP contribution in [0.5, 0.6) is 11.5 Å². The van der Waals surface area contributed by atoms with E-state index in [0.717, 1.165) is 3.57 Å². The van der Waals surface area contributed by atoms with Crippen molar-refractivity contribution < 1.29 is 22.7 Å². The third-order valence-corrected chi connectivity index (χ3v) is 7.46. The number of rotatable bonds is 6. The fourth-order valence-corrected chi connectivity index (χ4v) is 5.33. The molecule has 156 valence electrons. The molecule has 1 aliphatic heterocycles. The van der Waals surface area contributed by atoms with E-state index in [1.165, 1.54) is 24.6 Å². The van der Waals surface area contributed by atoms with Crippen LogP contribution < -0.4 is 14.8 Å². The highest BCUT2D eigenvalue weighted by atomic mass is 127. The van der Waals surface area contributed by atoms with Crippen molar-refractivity contribution in [1.29, 1.82) is 0 Å². The zero-order valence-electron chi connectivity index (χ0n) is 16.2. The Morgan fingerprint density at radius 1 is 1.14 bits per heavy atom. The number of halogens is 1. The van der Waals surface area contributed by atoms with Gasteiger partial charge in [-0.15, -0.1) is 0 Å². The van der Waals surface area contributed by atoms with E-state index in [1.54, 1.807) is 12.1 Å². The number of nitrogens with one attached hydrogen (secondary N) is 1. The molecule has 1 amide bonds. The van der Waals surface area contributed by atoms with E-state index in [2.05, 4.69) is 27.9 Å². The van der Waals surface area contributed by atoms with E-state index < -0.39 is 15.9 Å². The molecule has 2 aromatic rings. The summed E-state index contributed by atoms with van der Waals surface area (Å²) >= 11 is 2.20. The summed E-state index contributed by atoms with van der Waals surface area (Å²) in [7, 11) is -0.934. The van der Waals surface area contributed by atoms with Crippen LogP contribution in [0.4, 0.5) is 5.69 Å². The molecule has 0 aromatic heterocycles. The first-order valence-corrected chi connectivity index (χ1v) is 11.7.